The van der Waals surface area contributed by atoms with E-state index in [1.807, 2.05) is 39.8 Å². The van der Waals surface area contributed by atoms with E-state index in [-0.39, 0.29) is 18.8 Å². The summed E-state index contributed by atoms with van der Waals surface area (Å²) in [5.74, 6) is 0. The number of carbonyl (C=O) groups is 1. The van der Waals surface area contributed by atoms with Gasteiger partial charge in [0.05, 0.1) is 41.6 Å². The molecule has 0 bridgehead atoms. The number of aryl methyl sites for hydroxylation is 1. The van der Waals surface area contributed by atoms with Crippen molar-refractivity contribution in [1.29, 1.82) is 0 Å². The van der Waals surface area contributed by atoms with Gasteiger partial charge in [0.1, 0.15) is 5.60 Å². The minimum atomic E-state index is -3.45. The SMILES string of the molecule is CCc1cc2ccc(NS(C)(=O)=O)c(COC3CCN(C(=O)OC(C)(C)C)CC3)n2n1. The van der Waals surface area contributed by atoms with Crippen LogP contribution in [0.3, 0.4) is 0 Å². The normalized spacial score (nSPS) is 16.0. The minimum absolute atomic E-state index is 0.0405. The molecule has 31 heavy (non-hydrogen) atoms. The van der Waals surface area contributed by atoms with Crippen LogP contribution >= 0.6 is 0 Å². The number of hydrogen-bond acceptors (Lipinski definition) is 6. The highest BCUT2D eigenvalue weighted by Crippen LogP contribution is 2.24. The second kappa shape index (κ2) is 9.04. The lowest BCUT2D eigenvalue weighted by atomic mass is 10.1. The van der Waals surface area contributed by atoms with Gasteiger partial charge in [0.2, 0.25) is 10.0 Å². The average Bonchev–Trinajstić information content (AvgIpc) is 3.08. The first-order valence-electron chi connectivity index (χ1n) is 10.5. The van der Waals surface area contributed by atoms with Crippen molar-refractivity contribution in [3.8, 4) is 0 Å². The van der Waals surface area contributed by atoms with Crippen LogP contribution in [-0.4, -0.2) is 60.1 Å². The summed E-state index contributed by atoms with van der Waals surface area (Å²) in [6, 6.07) is 5.55. The van der Waals surface area contributed by atoms with E-state index in [1.54, 1.807) is 15.5 Å². The Kier molecular flexibility index (Phi) is 6.80. The van der Waals surface area contributed by atoms with Crippen molar-refractivity contribution in [3.63, 3.8) is 0 Å². The second-order valence-electron chi connectivity index (χ2n) is 8.87. The van der Waals surface area contributed by atoms with E-state index >= 15 is 0 Å². The van der Waals surface area contributed by atoms with Gasteiger partial charge in [-0.05, 0) is 58.2 Å². The summed E-state index contributed by atoms with van der Waals surface area (Å²) in [5, 5.41) is 4.59. The third-order valence-electron chi connectivity index (χ3n) is 4.98. The molecule has 2 aromatic heterocycles. The smallest absolute Gasteiger partial charge is 0.410 e. The first kappa shape index (κ1) is 23.3. The fraction of sp³-hybridized carbons (Fsp3) is 0.619. The number of pyridine rings is 1. The Morgan fingerprint density at radius 3 is 2.52 bits per heavy atom. The molecule has 2 aromatic rings. The van der Waals surface area contributed by atoms with Crippen molar-refractivity contribution in [2.24, 2.45) is 0 Å². The average molecular weight is 453 g/mol. The monoisotopic (exact) mass is 452 g/mol. The number of piperidine rings is 1. The first-order valence-corrected chi connectivity index (χ1v) is 12.4. The van der Waals surface area contributed by atoms with Gasteiger partial charge < -0.3 is 14.4 Å². The molecule has 3 heterocycles. The van der Waals surface area contributed by atoms with Crippen LogP contribution in [0.15, 0.2) is 18.2 Å². The lowest BCUT2D eigenvalue weighted by molar-refractivity contribution is -0.0180. The number of rotatable bonds is 6. The number of aromatic nitrogens is 2. The number of nitrogens with one attached hydrogen (secondary N) is 1. The van der Waals surface area contributed by atoms with E-state index in [9.17, 15) is 13.2 Å². The van der Waals surface area contributed by atoms with Crippen molar-refractivity contribution < 1.29 is 22.7 Å². The van der Waals surface area contributed by atoms with Gasteiger partial charge in [-0.3, -0.25) is 4.72 Å². The van der Waals surface area contributed by atoms with E-state index in [0.29, 0.717) is 37.3 Å². The maximum Gasteiger partial charge on any atom is 0.410 e. The molecule has 10 heteroatoms. The Morgan fingerprint density at radius 1 is 1.26 bits per heavy atom. The van der Waals surface area contributed by atoms with Crippen LogP contribution in [0.25, 0.3) is 5.52 Å². The molecule has 172 valence electrons. The van der Waals surface area contributed by atoms with Gasteiger partial charge in [-0.2, -0.15) is 5.10 Å². The quantitative estimate of drug-likeness (QED) is 0.722. The molecule has 0 atom stereocenters. The van der Waals surface area contributed by atoms with Crippen LogP contribution in [0.2, 0.25) is 0 Å². The van der Waals surface area contributed by atoms with E-state index in [2.05, 4.69) is 9.82 Å². The van der Waals surface area contributed by atoms with Crippen molar-refractivity contribution in [1.82, 2.24) is 14.5 Å². The van der Waals surface area contributed by atoms with Gasteiger partial charge in [0.25, 0.3) is 0 Å². The topological polar surface area (TPSA) is 102 Å². The Bertz CT molecular complexity index is 1030. The van der Waals surface area contributed by atoms with E-state index in [1.165, 1.54) is 0 Å². The van der Waals surface area contributed by atoms with E-state index in [0.717, 1.165) is 23.9 Å². The summed E-state index contributed by atoms with van der Waals surface area (Å²) in [6.07, 6.45) is 2.92. The Balaban J connectivity index is 1.70. The van der Waals surface area contributed by atoms with Crippen LogP contribution in [-0.2, 0) is 32.5 Å². The summed E-state index contributed by atoms with van der Waals surface area (Å²) in [4.78, 5) is 13.9. The lowest BCUT2D eigenvalue weighted by Gasteiger charge is -2.33. The molecule has 1 fully saturated rings. The van der Waals surface area contributed by atoms with Crippen LogP contribution < -0.4 is 4.72 Å². The maximum absolute atomic E-state index is 12.2. The van der Waals surface area contributed by atoms with Gasteiger partial charge in [-0.25, -0.2) is 17.7 Å². The zero-order valence-corrected chi connectivity index (χ0v) is 19.7. The number of carbonyl (C=O) groups excluding carboxylic acids is 1. The van der Waals surface area contributed by atoms with E-state index < -0.39 is 15.6 Å². The number of likely N-dealkylation sites (tertiary alicyclic amines) is 1. The molecule has 0 aromatic carbocycles. The van der Waals surface area contributed by atoms with Crippen molar-refractivity contribution in [3.05, 3.63) is 29.6 Å². The highest BCUT2D eigenvalue weighted by molar-refractivity contribution is 7.92. The third kappa shape index (κ3) is 6.33. The first-order chi connectivity index (χ1) is 14.4. The molecular weight excluding hydrogens is 420 g/mol. The molecular formula is C21H32N4O5S. The van der Waals surface area contributed by atoms with E-state index in [4.69, 9.17) is 9.47 Å². The summed E-state index contributed by atoms with van der Waals surface area (Å²) in [7, 11) is -3.45. The van der Waals surface area contributed by atoms with Crippen molar-refractivity contribution >= 4 is 27.3 Å². The lowest BCUT2D eigenvalue weighted by Crippen LogP contribution is -2.43. The predicted molar refractivity (Wildman–Crippen MR) is 119 cm³/mol. The number of hydrogen-bond donors (Lipinski definition) is 1. The Labute approximate surface area is 183 Å². The summed E-state index contributed by atoms with van der Waals surface area (Å²) < 4.78 is 39.5. The zero-order valence-electron chi connectivity index (χ0n) is 18.8. The van der Waals surface area contributed by atoms with Crippen LogP contribution in [0, 0.1) is 0 Å². The molecule has 3 rings (SSSR count). The number of fused-ring (bicyclic) bond motifs is 1. The van der Waals surface area contributed by atoms with Crippen molar-refractivity contribution in [2.45, 2.75) is 65.3 Å². The highest BCUT2D eigenvalue weighted by atomic mass is 32.2. The summed E-state index contributed by atoms with van der Waals surface area (Å²) in [5.41, 5.74) is 2.38. The number of nitrogens with zero attached hydrogens (tertiary/aromatic N) is 3. The molecule has 0 aliphatic carbocycles. The van der Waals surface area contributed by atoms with Crippen LogP contribution in [0.4, 0.5) is 10.5 Å². The second-order valence-corrected chi connectivity index (χ2v) is 10.6. The number of ether oxygens (including phenoxy) is 2. The number of sulfonamides is 1. The predicted octanol–water partition coefficient (Wildman–Crippen LogP) is 3.18. The summed E-state index contributed by atoms with van der Waals surface area (Å²) >= 11 is 0. The molecule has 0 radical (unpaired) electrons. The van der Waals surface area contributed by atoms with Gasteiger partial charge in [0.15, 0.2) is 0 Å². The van der Waals surface area contributed by atoms with Gasteiger partial charge in [-0.1, -0.05) is 6.92 Å². The fourth-order valence-corrected chi connectivity index (χ4v) is 4.08. The molecule has 0 unspecified atom stereocenters. The van der Waals surface area contributed by atoms with Gasteiger partial charge >= 0.3 is 6.09 Å². The summed E-state index contributed by atoms with van der Waals surface area (Å²) in [6.45, 7) is 8.89. The van der Waals surface area contributed by atoms with Crippen LogP contribution in [0.5, 0.6) is 0 Å². The largest absolute Gasteiger partial charge is 0.444 e. The number of anilines is 1. The molecule has 1 aliphatic heterocycles. The Morgan fingerprint density at radius 2 is 1.94 bits per heavy atom. The zero-order chi connectivity index (χ0) is 22.8. The van der Waals surface area contributed by atoms with Crippen molar-refractivity contribution in [2.75, 3.05) is 24.1 Å². The molecule has 1 amide bonds. The fourth-order valence-electron chi connectivity index (χ4n) is 3.49. The minimum Gasteiger partial charge on any atom is -0.444 e. The third-order valence-corrected chi connectivity index (χ3v) is 5.57. The maximum atomic E-state index is 12.2. The molecule has 1 N–H and O–H groups in total. The molecule has 9 nitrogen and oxygen atoms in total. The molecule has 0 spiro atoms. The molecule has 1 aliphatic rings. The molecule has 0 saturated carbocycles. The van der Waals surface area contributed by atoms with Gasteiger partial charge in [-0.15, -0.1) is 0 Å². The van der Waals surface area contributed by atoms with Crippen LogP contribution in [0.1, 0.15) is 51.9 Å². The highest BCUT2D eigenvalue weighted by Gasteiger charge is 2.27. The molecule has 1 saturated heterocycles. The standard InChI is InChI=1S/C21H32N4O5S/c1-6-15-13-16-7-8-18(23-31(5,27)28)19(25(16)22-15)14-29-17-9-11-24(12-10-17)20(26)30-21(2,3)4/h7-8,13,17,23H,6,9-12,14H2,1-5H3. The number of amides is 1. The van der Waals surface area contributed by atoms with Gasteiger partial charge in [0, 0.05) is 13.1 Å². The Hall–Kier alpha value is -2.33.